The molecule has 3 aromatic rings. The van der Waals surface area contributed by atoms with Crippen molar-refractivity contribution in [2.24, 2.45) is 5.92 Å². The van der Waals surface area contributed by atoms with Crippen LogP contribution in [-0.4, -0.2) is 19.7 Å². The summed E-state index contributed by atoms with van der Waals surface area (Å²) in [5.74, 6) is 2.11. The number of aromatic nitrogens is 4. The van der Waals surface area contributed by atoms with Crippen LogP contribution in [0.4, 0.5) is 0 Å². The molecule has 0 radical (unpaired) electrons. The Hall–Kier alpha value is -1.86. The highest BCUT2D eigenvalue weighted by Gasteiger charge is 2.21. The van der Waals surface area contributed by atoms with E-state index in [0.29, 0.717) is 51.0 Å². The molecule has 0 spiro atoms. The van der Waals surface area contributed by atoms with E-state index in [1.54, 1.807) is 22.8 Å². The summed E-state index contributed by atoms with van der Waals surface area (Å²) in [6, 6.07) is 5.18. The first kappa shape index (κ1) is 20.9. The zero-order valence-corrected chi connectivity index (χ0v) is 18.4. The fraction of sp³-hybridized carbons (Fsp3) is 0.500. The first-order chi connectivity index (χ1) is 13.1. The summed E-state index contributed by atoms with van der Waals surface area (Å²) >= 11 is 7.52. The van der Waals surface area contributed by atoms with E-state index >= 15 is 0 Å². The number of rotatable bonds is 6. The maximum atomic E-state index is 13.0. The molecular weight excluding hydrogens is 396 g/mol. The van der Waals surface area contributed by atoms with Gasteiger partial charge in [-0.2, -0.15) is 4.98 Å². The molecule has 0 amide bonds. The molecule has 0 aliphatic heterocycles. The van der Waals surface area contributed by atoms with Gasteiger partial charge in [-0.1, -0.05) is 63.1 Å². The lowest BCUT2D eigenvalue weighted by atomic mass is 9.96. The lowest BCUT2D eigenvalue weighted by molar-refractivity contribution is 0.372. The van der Waals surface area contributed by atoms with E-state index in [1.807, 2.05) is 20.8 Å². The van der Waals surface area contributed by atoms with Gasteiger partial charge in [0, 0.05) is 17.0 Å². The standard InChI is InChI=1S/C20H25ClN4O2S/c1-12(2)8-9-25-17(26)14-7-6-13(21)10-15(14)22-19(25)28-11-16-23-18(24-27-16)20(3,4)5/h6-7,10,12H,8-9,11H2,1-5H3. The minimum atomic E-state index is -0.177. The van der Waals surface area contributed by atoms with Crippen molar-refractivity contribution in [3.8, 4) is 0 Å². The van der Waals surface area contributed by atoms with Crippen molar-refractivity contribution in [2.75, 3.05) is 0 Å². The summed E-state index contributed by atoms with van der Waals surface area (Å²) in [7, 11) is 0. The molecule has 0 fully saturated rings. The molecule has 0 atom stereocenters. The molecule has 3 rings (SSSR count). The van der Waals surface area contributed by atoms with Crippen molar-refractivity contribution in [1.82, 2.24) is 19.7 Å². The van der Waals surface area contributed by atoms with Crippen LogP contribution >= 0.6 is 23.4 Å². The molecule has 8 heteroatoms. The summed E-state index contributed by atoms with van der Waals surface area (Å²) in [6.45, 7) is 11.0. The second-order valence-electron chi connectivity index (χ2n) is 8.25. The van der Waals surface area contributed by atoms with Crippen LogP contribution in [-0.2, 0) is 17.7 Å². The summed E-state index contributed by atoms with van der Waals surface area (Å²) in [5, 5.41) is 5.82. The molecule has 0 bridgehead atoms. The first-order valence-electron chi connectivity index (χ1n) is 9.31. The molecule has 1 aromatic carbocycles. The van der Waals surface area contributed by atoms with Crippen LogP contribution in [0.5, 0.6) is 0 Å². The van der Waals surface area contributed by atoms with Crippen molar-refractivity contribution < 1.29 is 4.52 Å². The van der Waals surface area contributed by atoms with Gasteiger partial charge in [0.15, 0.2) is 11.0 Å². The number of nitrogens with zero attached hydrogens (tertiary/aromatic N) is 4. The predicted octanol–water partition coefficient (Wildman–Crippen LogP) is 5.07. The van der Waals surface area contributed by atoms with Gasteiger partial charge in [-0.3, -0.25) is 9.36 Å². The molecule has 0 unspecified atom stereocenters. The van der Waals surface area contributed by atoms with E-state index in [4.69, 9.17) is 21.1 Å². The fourth-order valence-electron chi connectivity index (χ4n) is 2.61. The Morgan fingerprint density at radius 2 is 2.00 bits per heavy atom. The van der Waals surface area contributed by atoms with Crippen LogP contribution < -0.4 is 5.56 Å². The highest BCUT2D eigenvalue weighted by atomic mass is 35.5. The van der Waals surface area contributed by atoms with E-state index in [0.717, 1.165) is 6.42 Å². The van der Waals surface area contributed by atoms with E-state index in [1.165, 1.54) is 11.8 Å². The number of thioether (sulfide) groups is 1. The molecule has 0 saturated heterocycles. The number of hydrogen-bond donors (Lipinski definition) is 0. The number of fused-ring (bicyclic) bond motifs is 1. The maximum Gasteiger partial charge on any atom is 0.262 e. The molecule has 0 aliphatic carbocycles. The Morgan fingerprint density at radius 1 is 1.25 bits per heavy atom. The topological polar surface area (TPSA) is 73.8 Å². The molecule has 28 heavy (non-hydrogen) atoms. The molecule has 0 N–H and O–H groups in total. The van der Waals surface area contributed by atoms with Gasteiger partial charge in [0.05, 0.1) is 16.7 Å². The van der Waals surface area contributed by atoms with Gasteiger partial charge in [0.2, 0.25) is 5.89 Å². The van der Waals surface area contributed by atoms with Crippen LogP contribution in [0.2, 0.25) is 5.02 Å². The Balaban J connectivity index is 1.94. The summed E-state index contributed by atoms with van der Waals surface area (Å²) in [4.78, 5) is 22.2. The summed E-state index contributed by atoms with van der Waals surface area (Å²) < 4.78 is 7.11. The average molecular weight is 421 g/mol. The second kappa shape index (κ2) is 8.25. The molecular formula is C20H25ClN4O2S. The third kappa shape index (κ3) is 4.75. The van der Waals surface area contributed by atoms with Crippen molar-refractivity contribution in [3.63, 3.8) is 0 Å². The van der Waals surface area contributed by atoms with Crippen LogP contribution in [0.25, 0.3) is 10.9 Å². The number of benzene rings is 1. The first-order valence-corrected chi connectivity index (χ1v) is 10.7. The van der Waals surface area contributed by atoms with Gasteiger partial charge in [-0.05, 0) is 30.5 Å². The predicted molar refractivity (Wildman–Crippen MR) is 113 cm³/mol. The largest absolute Gasteiger partial charge is 0.338 e. The Labute approximate surface area is 173 Å². The Morgan fingerprint density at radius 3 is 2.64 bits per heavy atom. The lowest BCUT2D eigenvalue weighted by Gasteiger charge is -2.14. The summed E-state index contributed by atoms with van der Waals surface area (Å²) in [6.07, 6.45) is 0.892. The van der Waals surface area contributed by atoms with E-state index in [2.05, 4.69) is 24.0 Å². The van der Waals surface area contributed by atoms with Gasteiger partial charge in [0.25, 0.3) is 5.56 Å². The fourth-order valence-corrected chi connectivity index (χ4v) is 3.64. The van der Waals surface area contributed by atoms with Gasteiger partial charge in [-0.25, -0.2) is 4.98 Å². The second-order valence-corrected chi connectivity index (χ2v) is 9.62. The zero-order chi connectivity index (χ0) is 20.5. The Kier molecular flexibility index (Phi) is 6.15. The van der Waals surface area contributed by atoms with E-state index in [9.17, 15) is 4.79 Å². The normalized spacial score (nSPS) is 12.2. The van der Waals surface area contributed by atoms with E-state index in [-0.39, 0.29) is 11.0 Å². The molecule has 0 aliphatic rings. The van der Waals surface area contributed by atoms with Crippen LogP contribution in [0.15, 0.2) is 32.7 Å². The van der Waals surface area contributed by atoms with E-state index < -0.39 is 0 Å². The minimum absolute atomic E-state index is 0.0503. The Bertz CT molecular complexity index is 1040. The van der Waals surface area contributed by atoms with Crippen molar-refractivity contribution in [3.05, 3.63) is 45.3 Å². The highest BCUT2D eigenvalue weighted by Crippen LogP contribution is 2.25. The van der Waals surface area contributed by atoms with Crippen LogP contribution in [0.1, 0.15) is 52.8 Å². The number of halogens is 1. The van der Waals surface area contributed by atoms with Crippen molar-refractivity contribution in [1.29, 1.82) is 0 Å². The maximum absolute atomic E-state index is 13.0. The number of hydrogen-bond acceptors (Lipinski definition) is 6. The van der Waals surface area contributed by atoms with Crippen molar-refractivity contribution in [2.45, 2.75) is 63.9 Å². The molecule has 6 nitrogen and oxygen atoms in total. The van der Waals surface area contributed by atoms with Crippen LogP contribution in [0, 0.1) is 5.92 Å². The van der Waals surface area contributed by atoms with Crippen LogP contribution in [0.3, 0.4) is 0 Å². The molecule has 2 aromatic heterocycles. The van der Waals surface area contributed by atoms with Gasteiger partial charge < -0.3 is 4.52 Å². The highest BCUT2D eigenvalue weighted by molar-refractivity contribution is 7.98. The third-order valence-corrected chi connectivity index (χ3v) is 5.47. The molecule has 0 saturated carbocycles. The van der Waals surface area contributed by atoms with Crippen molar-refractivity contribution >= 4 is 34.3 Å². The lowest BCUT2D eigenvalue weighted by Crippen LogP contribution is -2.24. The third-order valence-electron chi connectivity index (χ3n) is 4.28. The summed E-state index contributed by atoms with van der Waals surface area (Å²) in [5.41, 5.74) is 0.372. The van der Waals surface area contributed by atoms with Gasteiger partial charge in [-0.15, -0.1) is 0 Å². The molecule has 150 valence electrons. The van der Waals surface area contributed by atoms with Gasteiger partial charge >= 0.3 is 0 Å². The zero-order valence-electron chi connectivity index (χ0n) is 16.8. The minimum Gasteiger partial charge on any atom is -0.338 e. The average Bonchev–Trinajstić information content (AvgIpc) is 3.08. The monoisotopic (exact) mass is 420 g/mol. The SMILES string of the molecule is CC(C)CCn1c(SCc2nc(C(C)(C)C)no2)nc2cc(Cl)ccc2c1=O. The van der Waals surface area contributed by atoms with Gasteiger partial charge in [0.1, 0.15) is 0 Å². The smallest absolute Gasteiger partial charge is 0.262 e. The quantitative estimate of drug-likeness (QED) is 0.409. The molecule has 2 heterocycles.